The molecule has 1 fully saturated rings. The van der Waals surface area contributed by atoms with E-state index in [2.05, 4.69) is 21.2 Å². The van der Waals surface area contributed by atoms with E-state index in [4.69, 9.17) is 0 Å². The Labute approximate surface area is 115 Å². The number of halogens is 2. The Morgan fingerprint density at radius 3 is 2.83 bits per heavy atom. The number of amides is 1. The first-order valence-corrected chi connectivity index (χ1v) is 7.17. The lowest BCUT2D eigenvalue weighted by atomic mass is 10.1. The molecule has 1 aliphatic carbocycles. The van der Waals surface area contributed by atoms with Crippen LogP contribution < -0.4 is 5.32 Å². The second-order valence-electron chi connectivity index (χ2n) is 4.93. The van der Waals surface area contributed by atoms with Crippen LogP contribution in [0.4, 0.5) is 4.39 Å². The van der Waals surface area contributed by atoms with E-state index in [1.54, 1.807) is 13.0 Å². The number of benzene rings is 1. The van der Waals surface area contributed by atoms with Gasteiger partial charge in [-0.1, -0.05) is 22.4 Å². The van der Waals surface area contributed by atoms with Crippen LogP contribution in [-0.4, -0.2) is 17.3 Å². The van der Waals surface area contributed by atoms with Crippen molar-refractivity contribution >= 4 is 21.8 Å². The summed E-state index contributed by atoms with van der Waals surface area (Å²) in [4.78, 5) is 12.4. The molecule has 0 aliphatic heterocycles. The molecule has 0 bridgehead atoms. The van der Waals surface area contributed by atoms with Gasteiger partial charge in [0.2, 0.25) is 0 Å². The maximum atomic E-state index is 13.2. The van der Waals surface area contributed by atoms with E-state index in [0.717, 1.165) is 12.0 Å². The normalized spacial score (nSPS) is 23.1. The molecule has 1 saturated carbocycles. The minimum Gasteiger partial charge on any atom is -0.352 e. The Morgan fingerprint density at radius 1 is 1.44 bits per heavy atom. The molecule has 1 amide bonds. The molecule has 2 rings (SSSR count). The zero-order valence-corrected chi connectivity index (χ0v) is 12.0. The molecular formula is C14H17BrFNO. The largest absolute Gasteiger partial charge is 0.352 e. The van der Waals surface area contributed by atoms with Crippen LogP contribution >= 0.6 is 15.9 Å². The van der Waals surface area contributed by atoms with Crippen molar-refractivity contribution in [2.75, 3.05) is 6.54 Å². The van der Waals surface area contributed by atoms with Crippen LogP contribution in [0.1, 0.15) is 35.2 Å². The number of hydrogen-bond donors (Lipinski definition) is 1. The molecule has 1 N–H and O–H groups in total. The number of carbonyl (C=O) groups is 1. The zero-order chi connectivity index (χ0) is 13.1. The van der Waals surface area contributed by atoms with Gasteiger partial charge in [-0.2, -0.15) is 0 Å². The summed E-state index contributed by atoms with van der Waals surface area (Å²) < 4.78 is 13.2. The van der Waals surface area contributed by atoms with Crippen LogP contribution in [0.15, 0.2) is 18.2 Å². The number of rotatable bonds is 3. The summed E-state index contributed by atoms with van der Waals surface area (Å²) in [6, 6.07) is 4.41. The molecule has 18 heavy (non-hydrogen) atoms. The van der Waals surface area contributed by atoms with Crippen molar-refractivity contribution in [1.29, 1.82) is 0 Å². The number of nitrogens with one attached hydrogen (secondary N) is 1. The van der Waals surface area contributed by atoms with E-state index in [9.17, 15) is 9.18 Å². The Kier molecular flexibility index (Phi) is 4.38. The lowest BCUT2D eigenvalue weighted by Crippen LogP contribution is -2.31. The highest BCUT2D eigenvalue weighted by Gasteiger charge is 2.25. The number of hydrogen-bond acceptors (Lipinski definition) is 1. The van der Waals surface area contributed by atoms with Crippen molar-refractivity contribution in [1.82, 2.24) is 5.32 Å². The maximum absolute atomic E-state index is 13.2. The van der Waals surface area contributed by atoms with Gasteiger partial charge >= 0.3 is 0 Å². The summed E-state index contributed by atoms with van der Waals surface area (Å²) in [7, 11) is 0. The van der Waals surface area contributed by atoms with Gasteiger partial charge in [0.25, 0.3) is 5.91 Å². The molecule has 1 aliphatic rings. The van der Waals surface area contributed by atoms with Gasteiger partial charge in [-0.05, 0) is 49.4 Å². The monoisotopic (exact) mass is 313 g/mol. The molecule has 4 heteroatoms. The standard InChI is InChI=1S/C14H17BrFNO/c1-9-5-11(7-12(16)6-9)14(18)17-8-10-3-2-4-13(10)15/h5-7,10,13H,2-4,8H2,1H3,(H,17,18). The number of carbonyl (C=O) groups excluding carboxylic acids is 1. The van der Waals surface area contributed by atoms with Gasteiger partial charge in [-0.15, -0.1) is 0 Å². The van der Waals surface area contributed by atoms with Crippen molar-refractivity contribution in [3.8, 4) is 0 Å². The second kappa shape index (κ2) is 5.83. The minimum atomic E-state index is -0.362. The van der Waals surface area contributed by atoms with Crippen LogP contribution in [0, 0.1) is 18.7 Å². The van der Waals surface area contributed by atoms with Crippen LogP contribution in [0.25, 0.3) is 0 Å². The van der Waals surface area contributed by atoms with Gasteiger partial charge in [-0.3, -0.25) is 4.79 Å². The van der Waals surface area contributed by atoms with Crippen LogP contribution in [-0.2, 0) is 0 Å². The van der Waals surface area contributed by atoms with Crippen LogP contribution in [0.2, 0.25) is 0 Å². The van der Waals surface area contributed by atoms with E-state index in [0.29, 0.717) is 22.9 Å². The SMILES string of the molecule is Cc1cc(F)cc(C(=O)NCC2CCCC2Br)c1. The fourth-order valence-electron chi connectivity index (χ4n) is 2.41. The van der Waals surface area contributed by atoms with Gasteiger partial charge in [0.05, 0.1) is 0 Å². The highest BCUT2D eigenvalue weighted by Crippen LogP contribution is 2.30. The van der Waals surface area contributed by atoms with Gasteiger partial charge in [0.15, 0.2) is 0 Å². The van der Waals surface area contributed by atoms with Crippen molar-refractivity contribution in [2.45, 2.75) is 31.0 Å². The fourth-order valence-corrected chi connectivity index (χ4v) is 3.19. The summed E-state index contributed by atoms with van der Waals surface area (Å²) >= 11 is 3.62. The van der Waals surface area contributed by atoms with E-state index >= 15 is 0 Å². The van der Waals surface area contributed by atoms with Crippen molar-refractivity contribution < 1.29 is 9.18 Å². The molecule has 2 unspecified atom stereocenters. The number of aryl methyl sites for hydroxylation is 1. The molecule has 2 nitrogen and oxygen atoms in total. The fraction of sp³-hybridized carbons (Fsp3) is 0.500. The second-order valence-corrected chi connectivity index (χ2v) is 6.11. The molecule has 0 aromatic heterocycles. The molecule has 1 aromatic carbocycles. The Balaban J connectivity index is 1.95. The summed E-state index contributed by atoms with van der Waals surface area (Å²) in [6.45, 7) is 2.44. The predicted octanol–water partition coefficient (Wildman–Crippen LogP) is 3.43. The first-order valence-electron chi connectivity index (χ1n) is 6.26. The van der Waals surface area contributed by atoms with Crippen molar-refractivity contribution in [2.24, 2.45) is 5.92 Å². The summed E-state index contributed by atoms with van der Waals surface area (Å²) in [5, 5.41) is 2.89. The number of alkyl halides is 1. The molecule has 98 valence electrons. The zero-order valence-electron chi connectivity index (χ0n) is 10.4. The van der Waals surface area contributed by atoms with Gasteiger partial charge in [0, 0.05) is 16.9 Å². The Hall–Kier alpha value is -0.900. The Bertz CT molecular complexity index is 429. The third-order valence-corrected chi connectivity index (χ3v) is 4.60. The molecule has 2 atom stereocenters. The maximum Gasteiger partial charge on any atom is 0.251 e. The molecule has 0 spiro atoms. The predicted molar refractivity (Wildman–Crippen MR) is 73.5 cm³/mol. The van der Waals surface area contributed by atoms with Gasteiger partial charge < -0.3 is 5.32 Å². The van der Waals surface area contributed by atoms with E-state index < -0.39 is 0 Å². The molecule has 0 heterocycles. The van der Waals surface area contributed by atoms with Crippen molar-refractivity contribution in [3.05, 3.63) is 35.1 Å². The average molecular weight is 314 g/mol. The topological polar surface area (TPSA) is 29.1 Å². The van der Waals surface area contributed by atoms with E-state index in [-0.39, 0.29) is 11.7 Å². The van der Waals surface area contributed by atoms with Crippen LogP contribution in [0.5, 0.6) is 0 Å². The summed E-state index contributed by atoms with van der Waals surface area (Å²) in [6.07, 6.45) is 3.51. The molecule has 1 aromatic rings. The molecular weight excluding hydrogens is 297 g/mol. The minimum absolute atomic E-state index is 0.191. The lowest BCUT2D eigenvalue weighted by molar-refractivity contribution is 0.0947. The van der Waals surface area contributed by atoms with Crippen molar-refractivity contribution in [3.63, 3.8) is 0 Å². The van der Waals surface area contributed by atoms with E-state index in [1.165, 1.54) is 25.0 Å². The Morgan fingerprint density at radius 2 is 2.22 bits per heavy atom. The summed E-state index contributed by atoms with van der Waals surface area (Å²) in [5.74, 6) is -0.0628. The highest BCUT2D eigenvalue weighted by molar-refractivity contribution is 9.09. The third-order valence-electron chi connectivity index (χ3n) is 3.40. The smallest absolute Gasteiger partial charge is 0.251 e. The molecule has 0 saturated heterocycles. The average Bonchev–Trinajstić information content (AvgIpc) is 2.70. The first-order chi connectivity index (χ1) is 8.56. The summed E-state index contributed by atoms with van der Waals surface area (Å²) in [5.41, 5.74) is 1.16. The highest BCUT2D eigenvalue weighted by atomic mass is 79.9. The molecule has 0 radical (unpaired) electrons. The third kappa shape index (κ3) is 3.31. The quantitative estimate of drug-likeness (QED) is 0.851. The van der Waals surface area contributed by atoms with Gasteiger partial charge in [-0.25, -0.2) is 4.39 Å². The lowest BCUT2D eigenvalue weighted by Gasteiger charge is -2.14. The van der Waals surface area contributed by atoms with Crippen LogP contribution in [0.3, 0.4) is 0 Å². The first kappa shape index (κ1) is 13.5. The van der Waals surface area contributed by atoms with Gasteiger partial charge in [0.1, 0.15) is 5.82 Å². The van der Waals surface area contributed by atoms with E-state index in [1.807, 2.05) is 0 Å².